The summed E-state index contributed by atoms with van der Waals surface area (Å²) in [6, 6.07) is 25.2. The van der Waals surface area contributed by atoms with Crippen LogP contribution in [-0.4, -0.2) is 23.3 Å². The maximum Gasteiger partial charge on any atom is 0.253 e. The molecule has 0 saturated carbocycles. The molecule has 4 rings (SSSR count). The standard InChI is InChI=1S/C29H29N3O2/c1-20-10-14-25(15-11-20)29(2,3)28(34)31-19-26(32-27(33)24-9-6-16-30-18-24)23-13-12-21-7-4-5-8-22(21)17-23/h4-18,26H,19H2,1-3H3,(H,31,34)(H,32,33). The molecule has 0 saturated heterocycles. The average molecular weight is 452 g/mol. The van der Waals surface area contributed by atoms with E-state index >= 15 is 0 Å². The molecule has 0 aliphatic heterocycles. The van der Waals surface area contributed by atoms with Gasteiger partial charge in [0.1, 0.15) is 0 Å². The van der Waals surface area contributed by atoms with Gasteiger partial charge in [0, 0.05) is 18.9 Å². The molecule has 1 unspecified atom stereocenters. The lowest BCUT2D eigenvalue weighted by molar-refractivity contribution is -0.125. The van der Waals surface area contributed by atoms with Gasteiger partial charge in [-0.3, -0.25) is 14.6 Å². The van der Waals surface area contributed by atoms with Crippen molar-refractivity contribution < 1.29 is 9.59 Å². The van der Waals surface area contributed by atoms with Crippen molar-refractivity contribution in [1.29, 1.82) is 0 Å². The Bertz CT molecular complexity index is 1300. The second kappa shape index (κ2) is 9.87. The summed E-state index contributed by atoms with van der Waals surface area (Å²) in [4.78, 5) is 30.2. The summed E-state index contributed by atoms with van der Waals surface area (Å²) >= 11 is 0. The molecule has 0 aliphatic carbocycles. The molecule has 172 valence electrons. The highest BCUT2D eigenvalue weighted by Gasteiger charge is 2.30. The number of nitrogens with zero attached hydrogens (tertiary/aromatic N) is 1. The van der Waals surface area contributed by atoms with Gasteiger partial charge in [-0.15, -0.1) is 0 Å². The summed E-state index contributed by atoms with van der Waals surface area (Å²) in [5.41, 5.74) is 2.77. The van der Waals surface area contributed by atoms with Crippen LogP contribution in [0, 0.1) is 6.92 Å². The van der Waals surface area contributed by atoms with Crippen molar-refractivity contribution >= 4 is 22.6 Å². The van der Waals surface area contributed by atoms with Crippen LogP contribution in [-0.2, 0) is 10.2 Å². The molecule has 5 nitrogen and oxygen atoms in total. The summed E-state index contributed by atoms with van der Waals surface area (Å²) in [5.74, 6) is -0.337. The minimum absolute atomic E-state index is 0.0993. The number of benzene rings is 3. The third-order valence-electron chi connectivity index (χ3n) is 6.21. The molecule has 2 amide bonds. The fraction of sp³-hybridized carbons (Fsp3) is 0.207. The van der Waals surface area contributed by atoms with Crippen LogP contribution in [0.25, 0.3) is 10.8 Å². The van der Waals surface area contributed by atoms with Crippen LogP contribution in [0.3, 0.4) is 0 Å². The van der Waals surface area contributed by atoms with Crippen molar-refractivity contribution in [2.24, 2.45) is 0 Å². The lowest BCUT2D eigenvalue weighted by Crippen LogP contribution is -2.44. The van der Waals surface area contributed by atoms with Gasteiger partial charge in [-0.05, 0) is 60.9 Å². The van der Waals surface area contributed by atoms with E-state index in [-0.39, 0.29) is 18.4 Å². The average Bonchev–Trinajstić information content (AvgIpc) is 2.86. The number of carbonyl (C=O) groups excluding carboxylic acids is 2. The molecule has 1 heterocycles. The zero-order chi connectivity index (χ0) is 24.1. The topological polar surface area (TPSA) is 71.1 Å². The number of rotatable bonds is 7. The molecular formula is C29H29N3O2. The molecule has 3 aromatic carbocycles. The SMILES string of the molecule is Cc1ccc(C(C)(C)C(=O)NCC(NC(=O)c2cccnc2)c2ccc3ccccc3c2)cc1. The number of aryl methyl sites for hydroxylation is 1. The van der Waals surface area contributed by atoms with E-state index in [0.717, 1.165) is 27.5 Å². The van der Waals surface area contributed by atoms with Gasteiger partial charge in [-0.25, -0.2) is 0 Å². The number of amides is 2. The second-order valence-corrected chi connectivity index (χ2v) is 9.08. The van der Waals surface area contributed by atoms with Crippen molar-refractivity contribution in [1.82, 2.24) is 15.6 Å². The lowest BCUT2D eigenvalue weighted by atomic mass is 9.83. The number of carbonyl (C=O) groups is 2. The number of hydrogen-bond acceptors (Lipinski definition) is 3. The first-order valence-electron chi connectivity index (χ1n) is 11.4. The number of aromatic nitrogens is 1. The van der Waals surface area contributed by atoms with E-state index in [1.807, 2.05) is 81.4 Å². The van der Waals surface area contributed by atoms with Crippen molar-refractivity contribution in [3.8, 4) is 0 Å². The first kappa shape index (κ1) is 23.2. The summed E-state index contributed by atoms with van der Waals surface area (Å²) in [6.07, 6.45) is 3.16. The van der Waals surface area contributed by atoms with E-state index in [4.69, 9.17) is 0 Å². The normalized spacial score (nSPS) is 12.2. The molecule has 1 atom stereocenters. The largest absolute Gasteiger partial charge is 0.353 e. The minimum Gasteiger partial charge on any atom is -0.353 e. The number of pyridine rings is 1. The highest BCUT2D eigenvalue weighted by molar-refractivity contribution is 5.94. The van der Waals surface area contributed by atoms with Gasteiger partial charge < -0.3 is 10.6 Å². The Morgan fingerprint density at radius 3 is 2.35 bits per heavy atom. The molecule has 0 aliphatic rings. The van der Waals surface area contributed by atoms with Crippen molar-refractivity contribution in [2.75, 3.05) is 6.54 Å². The van der Waals surface area contributed by atoms with E-state index in [0.29, 0.717) is 5.56 Å². The monoisotopic (exact) mass is 451 g/mol. The molecule has 0 fully saturated rings. The zero-order valence-electron chi connectivity index (χ0n) is 19.7. The molecule has 34 heavy (non-hydrogen) atoms. The summed E-state index contributed by atoms with van der Waals surface area (Å²) in [5, 5.41) is 8.34. The molecule has 0 spiro atoms. The van der Waals surface area contributed by atoms with Gasteiger partial charge in [0.05, 0.1) is 17.0 Å². The maximum atomic E-state index is 13.2. The Labute approximate surface area is 200 Å². The van der Waals surface area contributed by atoms with Crippen molar-refractivity contribution in [3.63, 3.8) is 0 Å². The third-order valence-corrected chi connectivity index (χ3v) is 6.21. The predicted molar refractivity (Wildman–Crippen MR) is 136 cm³/mol. The minimum atomic E-state index is -0.713. The Kier molecular flexibility index (Phi) is 6.73. The van der Waals surface area contributed by atoms with Crippen LogP contribution in [0.4, 0.5) is 0 Å². The Morgan fingerprint density at radius 1 is 0.912 bits per heavy atom. The maximum absolute atomic E-state index is 13.2. The number of nitrogens with one attached hydrogen (secondary N) is 2. The number of hydrogen-bond donors (Lipinski definition) is 2. The van der Waals surface area contributed by atoms with Gasteiger partial charge in [-0.1, -0.05) is 66.2 Å². The first-order valence-corrected chi connectivity index (χ1v) is 11.4. The fourth-order valence-electron chi connectivity index (χ4n) is 3.93. The molecule has 2 N–H and O–H groups in total. The smallest absolute Gasteiger partial charge is 0.253 e. The van der Waals surface area contributed by atoms with Crippen LogP contribution in [0.15, 0.2) is 91.3 Å². The van der Waals surface area contributed by atoms with Crippen LogP contribution in [0.5, 0.6) is 0 Å². The molecule has 5 heteroatoms. The first-order chi connectivity index (χ1) is 16.3. The molecular weight excluding hydrogens is 422 g/mol. The molecule has 0 radical (unpaired) electrons. The summed E-state index contributed by atoms with van der Waals surface area (Å²) < 4.78 is 0. The molecule has 4 aromatic rings. The quantitative estimate of drug-likeness (QED) is 0.410. The van der Waals surface area contributed by atoms with Gasteiger partial charge in [0.15, 0.2) is 0 Å². The zero-order valence-corrected chi connectivity index (χ0v) is 19.7. The van der Waals surface area contributed by atoms with E-state index in [1.54, 1.807) is 18.3 Å². The molecule has 0 bridgehead atoms. The van der Waals surface area contributed by atoms with Gasteiger partial charge >= 0.3 is 0 Å². The Morgan fingerprint density at radius 2 is 1.65 bits per heavy atom. The van der Waals surface area contributed by atoms with Crippen molar-refractivity contribution in [3.05, 3.63) is 114 Å². The van der Waals surface area contributed by atoms with E-state index < -0.39 is 11.5 Å². The van der Waals surface area contributed by atoms with Crippen molar-refractivity contribution in [2.45, 2.75) is 32.2 Å². The summed E-state index contributed by atoms with van der Waals surface area (Å²) in [7, 11) is 0. The number of fused-ring (bicyclic) bond motifs is 1. The Balaban J connectivity index is 1.57. The second-order valence-electron chi connectivity index (χ2n) is 9.08. The Hall–Kier alpha value is -3.99. The fourth-order valence-corrected chi connectivity index (χ4v) is 3.93. The van der Waals surface area contributed by atoms with Crippen LogP contribution < -0.4 is 10.6 Å². The predicted octanol–water partition coefficient (Wildman–Crippen LogP) is 5.11. The van der Waals surface area contributed by atoms with E-state index in [1.165, 1.54) is 6.20 Å². The van der Waals surface area contributed by atoms with E-state index in [2.05, 4.69) is 21.7 Å². The van der Waals surface area contributed by atoms with Gasteiger partial charge in [0.25, 0.3) is 5.91 Å². The van der Waals surface area contributed by atoms with Crippen LogP contribution >= 0.6 is 0 Å². The molecule has 1 aromatic heterocycles. The lowest BCUT2D eigenvalue weighted by Gasteiger charge is -2.27. The van der Waals surface area contributed by atoms with Crippen LogP contribution in [0.1, 0.15) is 46.9 Å². The highest BCUT2D eigenvalue weighted by atomic mass is 16.2. The summed E-state index contributed by atoms with van der Waals surface area (Å²) in [6.45, 7) is 6.10. The van der Waals surface area contributed by atoms with Crippen LogP contribution in [0.2, 0.25) is 0 Å². The highest BCUT2D eigenvalue weighted by Crippen LogP contribution is 2.25. The van der Waals surface area contributed by atoms with Gasteiger partial charge in [-0.2, -0.15) is 0 Å². The third kappa shape index (κ3) is 5.15. The van der Waals surface area contributed by atoms with Gasteiger partial charge in [0.2, 0.25) is 5.91 Å². The van der Waals surface area contributed by atoms with E-state index in [9.17, 15) is 9.59 Å².